The molecule has 3 heteroatoms. The molecule has 0 aromatic heterocycles. The average Bonchev–Trinajstić information content (AvgIpc) is 2.18. The van der Waals surface area contributed by atoms with Crippen LogP contribution in [0.15, 0.2) is 18.2 Å². The fourth-order valence-electron chi connectivity index (χ4n) is 1.94. The number of para-hydroxylation sites is 1. The molecule has 1 aliphatic rings. The Hall–Kier alpha value is -1.22. The van der Waals surface area contributed by atoms with Crippen molar-refractivity contribution in [1.82, 2.24) is 0 Å². The maximum absolute atomic E-state index is 9.58. The van der Waals surface area contributed by atoms with Gasteiger partial charge in [0.2, 0.25) is 0 Å². The number of methoxy groups -OCH3 is 1. The number of phenolic OH excluding ortho intramolecular Hbond substituents is 1. The van der Waals surface area contributed by atoms with Crippen LogP contribution in [0.4, 0.5) is 5.69 Å². The lowest BCUT2D eigenvalue weighted by molar-refractivity contribution is 0.155. The minimum atomic E-state index is 0.346. The van der Waals surface area contributed by atoms with Crippen LogP contribution in [-0.4, -0.2) is 25.4 Å². The maximum atomic E-state index is 9.58. The fraction of sp³-hybridized carbons (Fsp3) is 0.455. The molecular weight excluding hydrogens is 178 g/mol. The molecule has 0 fully saturated rings. The molecule has 3 nitrogen and oxygen atoms in total. The van der Waals surface area contributed by atoms with E-state index in [1.165, 1.54) is 5.56 Å². The molecule has 0 aliphatic carbocycles. The SMILES string of the molecule is COCC1CNc2c(O)cccc2C1. The van der Waals surface area contributed by atoms with Crippen LogP contribution in [0.3, 0.4) is 0 Å². The highest BCUT2D eigenvalue weighted by Gasteiger charge is 2.19. The van der Waals surface area contributed by atoms with E-state index < -0.39 is 0 Å². The van der Waals surface area contributed by atoms with Crippen molar-refractivity contribution in [3.63, 3.8) is 0 Å². The molecule has 0 saturated carbocycles. The van der Waals surface area contributed by atoms with Gasteiger partial charge in [-0.15, -0.1) is 0 Å². The summed E-state index contributed by atoms with van der Waals surface area (Å²) in [5, 5.41) is 12.8. The lowest BCUT2D eigenvalue weighted by Gasteiger charge is -2.26. The smallest absolute Gasteiger partial charge is 0.138 e. The first-order valence-corrected chi connectivity index (χ1v) is 4.85. The second-order valence-electron chi connectivity index (χ2n) is 3.72. The molecule has 1 unspecified atom stereocenters. The van der Waals surface area contributed by atoms with Gasteiger partial charge in [-0.2, -0.15) is 0 Å². The van der Waals surface area contributed by atoms with Gasteiger partial charge < -0.3 is 15.2 Å². The van der Waals surface area contributed by atoms with Crippen molar-refractivity contribution in [3.05, 3.63) is 23.8 Å². The van der Waals surface area contributed by atoms with E-state index in [-0.39, 0.29) is 0 Å². The van der Waals surface area contributed by atoms with Gasteiger partial charge >= 0.3 is 0 Å². The lowest BCUT2D eigenvalue weighted by atomic mass is 9.94. The highest BCUT2D eigenvalue weighted by atomic mass is 16.5. The van der Waals surface area contributed by atoms with E-state index in [2.05, 4.69) is 5.32 Å². The van der Waals surface area contributed by atoms with Crippen molar-refractivity contribution in [2.75, 3.05) is 25.6 Å². The molecule has 14 heavy (non-hydrogen) atoms. The third-order valence-electron chi connectivity index (χ3n) is 2.61. The quantitative estimate of drug-likeness (QED) is 0.701. The Morgan fingerprint density at radius 1 is 1.57 bits per heavy atom. The van der Waals surface area contributed by atoms with Gasteiger partial charge in [-0.05, 0) is 18.1 Å². The highest BCUT2D eigenvalue weighted by Crippen LogP contribution is 2.32. The van der Waals surface area contributed by atoms with Crippen molar-refractivity contribution in [2.24, 2.45) is 5.92 Å². The molecule has 1 aromatic rings. The Balaban J connectivity index is 2.18. The number of ether oxygens (including phenoxy) is 1. The number of phenols is 1. The van der Waals surface area contributed by atoms with E-state index in [1.54, 1.807) is 13.2 Å². The van der Waals surface area contributed by atoms with Crippen LogP contribution in [0.5, 0.6) is 5.75 Å². The van der Waals surface area contributed by atoms with Gasteiger partial charge in [-0.25, -0.2) is 0 Å². The second-order valence-corrected chi connectivity index (χ2v) is 3.72. The molecule has 76 valence electrons. The summed E-state index contributed by atoms with van der Waals surface area (Å²) < 4.78 is 5.12. The zero-order chi connectivity index (χ0) is 9.97. The molecule has 0 spiro atoms. The van der Waals surface area contributed by atoms with Gasteiger partial charge in [0.1, 0.15) is 5.75 Å². The van der Waals surface area contributed by atoms with E-state index >= 15 is 0 Å². The summed E-state index contributed by atoms with van der Waals surface area (Å²) in [7, 11) is 1.72. The zero-order valence-electron chi connectivity index (χ0n) is 8.29. The second kappa shape index (κ2) is 3.88. The van der Waals surface area contributed by atoms with E-state index in [4.69, 9.17) is 4.74 Å². The summed E-state index contributed by atoms with van der Waals surface area (Å²) >= 11 is 0. The summed E-state index contributed by atoms with van der Waals surface area (Å²) in [6.07, 6.45) is 0.977. The molecule has 0 bridgehead atoms. The van der Waals surface area contributed by atoms with Crippen LogP contribution < -0.4 is 5.32 Å². The number of hydrogen-bond donors (Lipinski definition) is 2. The first-order valence-electron chi connectivity index (χ1n) is 4.85. The summed E-state index contributed by atoms with van der Waals surface area (Å²) in [6.45, 7) is 1.64. The van der Waals surface area contributed by atoms with Crippen LogP contribution in [0, 0.1) is 5.92 Å². The molecular formula is C11H15NO2. The highest BCUT2D eigenvalue weighted by molar-refractivity contribution is 5.62. The summed E-state index contributed by atoms with van der Waals surface area (Å²) in [6, 6.07) is 5.64. The van der Waals surface area contributed by atoms with Gasteiger partial charge in [0.15, 0.2) is 0 Å². The molecule has 0 radical (unpaired) electrons. The Kier molecular flexibility index (Phi) is 2.59. The number of benzene rings is 1. The topological polar surface area (TPSA) is 41.5 Å². The molecule has 1 heterocycles. The Labute approximate surface area is 83.7 Å². The predicted molar refractivity (Wildman–Crippen MR) is 55.7 cm³/mol. The third-order valence-corrected chi connectivity index (χ3v) is 2.61. The van der Waals surface area contributed by atoms with Gasteiger partial charge in [-0.1, -0.05) is 12.1 Å². The van der Waals surface area contributed by atoms with Crippen LogP contribution >= 0.6 is 0 Å². The van der Waals surface area contributed by atoms with Gasteiger partial charge in [0.25, 0.3) is 0 Å². The Morgan fingerprint density at radius 2 is 2.43 bits per heavy atom. The van der Waals surface area contributed by atoms with Crippen molar-refractivity contribution in [1.29, 1.82) is 0 Å². The molecule has 2 rings (SSSR count). The third kappa shape index (κ3) is 1.68. The van der Waals surface area contributed by atoms with Gasteiger partial charge in [0.05, 0.1) is 12.3 Å². The maximum Gasteiger partial charge on any atom is 0.138 e. The van der Waals surface area contributed by atoms with Crippen molar-refractivity contribution in [2.45, 2.75) is 6.42 Å². The van der Waals surface area contributed by atoms with Crippen molar-refractivity contribution in [3.8, 4) is 5.75 Å². The molecule has 2 N–H and O–H groups in total. The standard InChI is InChI=1S/C11H15NO2/c1-14-7-8-5-9-3-2-4-10(13)11(9)12-6-8/h2-4,8,12-13H,5-7H2,1H3. The zero-order valence-corrected chi connectivity index (χ0v) is 8.29. The minimum Gasteiger partial charge on any atom is -0.506 e. The normalized spacial score (nSPS) is 19.9. The number of anilines is 1. The molecule has 0 saturated heterocycles. The fourth-order valence-corrected chi connectivity index (χ4v) is 1.94. The largest absolute Gasteiger partial charge is 0.506 e. The summed E-state index contributed by atoms with van der Waals surface area (Å²) in [5.74, 6) is 0.854. The molecule has 1 atom stereocenters. The Morgan fingerprint density at radius 3 is 3.21 bits per heavy atom. The van der Waals surface area contributed by atoms with Gasteiger partial charge in [0, 0.05) is 19.6 Å². The molecule has 1 aromatic carbocycles. The number of hydrogen-bond acceptors (Lipinski definition) is 3. The first kappa shape index (κ1) is 9.34. The summed E-state index contributed by atoms with van der Waals surface area (Å²) in [5.41, 5.74) is 2.07. The van der Waals surface area contributed by atoms with Crippen molar-refractivity contribution < 1.29 is 9.84 Å². The van der Waals surface area contributed by atoms with Crippen molar-refractivity contribution >= 4 is 5.69 Å². The first-order chi connectivity index (χ1) is 6.81. The van der Waals surface area contributed by atoms with Crippen LogP contribution in [0.25, 0.3) is 0 Å². The van der Waals surface area contributed by atoms with Crippen LogP contribution in [0.2, 0.25) is 0 Å². The van der Waals surface area contributed by atoms with Gasteiger partial charge in [-0.3, -0.25) is 0 Å². The Bertz CT molecular complexity index is 325. The predicted octanol–water partition coefficient (Wildman–Crippen LogP) is 1.62. The minimum absolute atomic E-state index is 0.346. The van der Waals surface area contributed by atoms with Crippen LogP contribution in [-0.2, 0) is 11.2 Å². The number of fused-ring (bicyclic) bond motifs is 1. The number of nitrogens with one attached hydrogen (secondary N) is 1. The van der Waals surface area contributed by atoms with E-state index in [0.717, 1.165) is 25.3 Å². The van der Waals surface area contributed by atoms with E-state index in [0.29, 0.717) is 11.7 Å². The molecule has 0 amide bonds. The van der Waals surface area contributed by atoms with E-state index in [1.807, 2.05) is 12.1 Å². The summed E-state index contributed by atoms with van der Waals surface area (Å²) in [4.78, 5) is 0. The monoisotopic (exact) mass is 193 g/mol. The number of rotatable bonds is 2. The average molecular weight is 193 g/mol. The lowest BCUT2D eigenvalue weighted by Crippen LogP contribution is -2.26. The molecule has 1 aliphatic heterocycles. The number of aromatic hydroxyl groups is 1. The van der Waals surface area contributed by atoms with Crippen LogP contribution in [0.1, 0.15) is 5.56 Å². The van der Waals surface area contributed by atoms with E-state index in [9.17, 15) is 5.11 Å².